The van der Waals surface area contributed by atoms with E-state index >= 15 is 0 Å². The number of rotatable bonds is 9. The zero-order valence-electron chi connectivity index (χ0n) is 21.3. The SMILES string of the molecule is CN[C@H](C(=O)NC(C(=O)N(C)[C@H](C(=O)OC)C(C)C)C(C)(C)C)C(C)(C)c1ccccc1. The van der Waals surface area contributed by atoms with Crippen molar-refractivity contribution in [1.82, 2.24) is 15.5 Å². The second-order valence-electron chi connectivity index (χ2n) is 10.3. The Balaban J connectivity index is 3.24. The number of likely N-dealkylation sites (N-methyl/N-ethyl adjacent to an activating group) is 2. The molecule has 2 N–H and O–H groups in total. The Morgan fingerprint density at radius 2 is 1.50 bits per heavy atom. The minimum atomic E-state index is -0.826. The predicted molar refractivity (Wildman–Crippen MR) is 127 cm³/mol. The molecule has 0 fully saturated rings. The van der Waals surface area contributed by atoms with Gasteiger partial charge in [-0.25, -0.2) is 4.79 Å². The number of ether oxygens (including phenoxy) is 1. The summed E-state index contributed by atoms with van der Waals surface area (Å²) in [6.45, 7) is 13.4. The Morgan fingerprint density at radius 3 is 1.91 bits per heavy atom. The summed E-state index contributed by atoms with van der Waals surface area (Å²) in [5, 5.41) is 6.09. The molecular formula is C25H41N3O4. The maximum absolute atomic E-state index is 13.5. The lowest BCUT2D eigenvalue weighted by molar-refractivity contribution is -0.155. The van der Waals surface area contributed by atoms with Gasteiger partial charge in [-0.2, -0.15) is 0 Å². The predicted octanol–water partition coefficient (Wildman–Crippen LogP) is 2.74. The molecule has 180 valence electrons. The number of benzene rings is 1. The third kappa shape index (κ3) is 6.31. The van der Waals surface area contributed by atoms with E-state index in [4.69, 9.17) is 4.74 Å². The van der Waals surface area contributed by atoms with Crippen LogP contribution in [0.3, 0.4) is 0 Å². The number of carbonyl (C=O) groups excluding carboxylic acids is 3. The number of esters is 1. The van der Waals surface area contributed by atoms with Gasteiger partial charge < -0.3 is 20.3 Å². The molecule has 0 aliphatic carbocycles. The first-order chi connectivity index (χ1) is 14.7. The summed E-state index contributed by atoms with van der Waals surface area (Å²) in [5.41, 5.74) is -0.0894. The zero-order valence-corrected chi connectivity index (χ0v) is 21.3. The molecule has 0 bridgehead atoms. The molecule has 0 saturated carbocycles. The standard InChI is InChI=1S/C25H41N3O4/c1-16(2)18(23(31)32-10)28(9)22(30)20(24(3,4)5)27-21(29)19(26-8)25(6,7)17-14-12-11-13-15-17/h11-16,18-20,26H,1-10H3,(H,27,29)/t18-,19+,20?/m0/s1. The van der Waals surface area contributed by atoms with Gasteiger partial charge in [-0.1, -0.05) is 78.8 Å². The highest BCUT2D eigenvalue weighted by atomic mass is 16.5. The van der Waals surface area contributed by atoms with E-state index in [1.807, 2.05) is 78.8 Å². The van der Waals surface area contributed by atoms with Gasteiger partial charge in [-0.3, -0.25) is 9.59 Å². The highest BCUT2D eigenvalue weighted by molar-refractivity contribution is 5.93. The fourth-order valence-electron chi connectivity index (χ4n) is 4.07. The average Bonchev–Trinajstić information content (AvgIpc) is 2.71. The molecular weight excluding hydrogens is 406 g/mol. The second-order valence-corrected chi connectivity index (χ2v) is 10.3. The van der Waals surface area contributed by atoms with Gasteiger partial charge >= 0.3 is 5.97 Å². The highest BCUT2D eigenvalue weighted by Crippen LogP contribution is 2.29. The van der Waals surface area contributed by atoms with Crippen molar-refractivity contribution in [2.24, 2.45) is 11.3 Å². The minimum Gasteiger partial charge on any atom is -0.467 e. The molecule has 0 aliphatic rings. The molecule has 0 radical (unpaired) electrons. The molecule has 7 nitrogen and oxygen atoms in total. The summed E-state index contributed by atoms with van der Waals surface area (Å²) in [4.78, 5) is 40.7. The molecule has 1 aromatic carbocycles. The van der Waals surface area contributed by atoms with Crippen molar-refractivity contribution in [1.29, 1.82) is 0 Å². The summed E-state index contributed by atoms with van der Waals surface area (Å²) in [7, 11) is 4.63. The van der Waals surface area contributed by atoms with Crippen molar-refractivity contribution >= 4 is 17.8 Å². The topological polar surface area (TPSA) is 87.7 Å². The summed E-state index contributed by atoms with van der Waals surface area (Å²) in [6, 6.07) is 7.65. The lowest BCUT2D eigenvalue weighted by Gasteiger charge is -2.39. The molecule has 0 aromatic heterocycles. The fourth-order valence-corrected chi connectivity index (χ4v) is 4.07. The Hall–Kier alpha value is -2.41. The van der Waals surface area contributed by atoms with Crippen LogP contribution in [-0.4, -0.2) is 62.0 Å². The lowest BCUT2D eigenvalue weighted by atomic mass is 9.76. The molecule has 7 heteroatoms. The van der Waals surface area contributed by atoms with Gasteiger partial charge in [0, 0.05) is 12.5 Å². The van der Waals surface area contributed by atoms with Crippen molar-refractivity contribution in [3.8, 4) is 0 Å². The summed E-state index contributed by atoms with van der Waals surface area (Å²) in [6.07, 6.45) is 0. The third-order valence-electron chi connectivity index (χ3n) is 6.03. The number of hydrogen-bond acceptors (Lipinski definition) is 5. The van der Waals surface area contributed by atoms with E-state index in [2.05, 4.69) is 10.6 Å². The molecule has 32 heavy (non-hydrogen) atoms. The van der Waals surface area contributed by atoms with E-state index < -0.39 is 34.9 Å². The normalized spacial score (nSPS) is 15.0. The van der Waals surface area contributed by atoms with Gasteiger partial charge in [-0.05, 0) is 23.9 Å². The molecule has 3 atom stereocenters. The monoisotopic (exact) mass is 447 g/mol. The maximum atomic E-state index is 13.5. The van der Waals surface area contributed by atoms with Crippen molar-refractivity contribution in [3.63, 3.8) is 0 Å². The van der Waals surface area contributed by atoms with Crippen LogP contribution in [0.25, 0.3) is 0 Å². The number of hydrogen-bond donors (Lipinski definition) is 2. The van der Waals surface area contributed by atoms with Gasteiger partial charge in [0.15, 0.2) is 0 Å². The highest BCUT2D eigenvalue weighted by Gasteiger charge is 2.42. The van der Waals surface area contributed by atoms with Crippen molar-refractivity contribution in [2.75, 3.05) is 21.2 Å². The van der Waals surface area contributed by atoms with Crippen LogP contribution in [0.5, 0.6) is 0 Å². The van der Waals surface area contributed by atoms with Crippen LogP contribution in [-0.2, 0) is 24.5 Å². The van der Waals surface area contributed by atoms with Gasteiger partial charge in [0.1, 0.15) is 12.1 Å². The number of carbonyl (C=O) groups is 3. The van der Waals surface area contributed by atoms with Crippen LogP contribution in [0.4, 0.5) is 0 Å². The van der Waals surface area contributed by atoms with Crippen LogP contribution >= 0.6 is 0 Å². The van der Waals surface area contributed by atoms with E-state index in [0.717, 1.165) is 5.56 Å². The van der Waals surface area contributed by atoms with E-state index in [0.29, 0.717) is 0 Å². The molecule has 0 spiro atoms. The first kappa shape index (κ1) is 27.6. The summed E-state index contributed by atoms with van der Waals surface area (Å²) >= 11 is 0. The molecule has 1 rings (SSSR count). The molecule has 1 aromatic rings. The van der Waals surface area contributed by atoms with E-state index in [1.54, 1.807) is 14.1 Å². The largest absolute Gasteiger partial charge is 0.467 e. The lowest BCUT2D eigenvalue weighted by Crippen LogP contribution is -2.62. The minimum absolute atomic E-state index is 0.144. The molecule has 0 heterocycles. The smallest absolute Gasteiger partial charge is 0.328 e. The van der Waals surface area contributed by atoms with Gasteiger partial charge in [0.05, 0.1) is 13.2 Å². The molecule has 1 unspecified atom stereocenters. The van der Waals surface area contributed by atoms with Crippen LogP contribution < -0.4 is 10.6 Å². The quantitative estimate of drug-likeness (QED) is 0.569. The molecule has 2 amide bonds. The molecule has 0 aliphatic heterocycles. The third-order valence-corrected chi connectivity index (χ3v) is 6.03. The van der Waals surface area contributed by atoms with Gasteiger partial charge in [0.25, 0.3) is 0 Å². The maximum Gasteiger partial charge on any atom is 0.328 e. The van der Waals surface area contributed by atoms with Crippen LogP contribution in [0, 0.1) is 11.3 Å². The van der Waals surface area contributed by atoms with Crippen molar-refractivity contribution < 1.29 is 19.1 Å². The van der Waals surface area contributed by atoms with Crippen LogP contribution in [0.15, 0.2) is 30.3 Å². The van der Waals surface area contributed by atoms with E-state index in [-0.39, 0.29) is 17.7 Å². The van der Waals surface area contributed by atoms with Crippen molar-refractivity contribution in [3.05, 3.63) is 35.9 Å². The average molecular weight is 448 g/mol. The number of nitrogens with one attached hydrogen (secondary N) is 2. The first-order valence-corrected chi connectivity index (χ1v) is 11.1. The Bertz CT molecular complexity index is 784. The Morgan fingerprint density at radius 1 is 0.969 bits per heavy atom. The first-order valence-electron chi connectivity index (χ1n) is 11.1. The van der Waals surface area contributed by atoms with E-state index in [9.17, 15) is 14.4 Å². The van der Waals surface area contributed by atoms with E-state index in [1.165, 1.54) is 12.0 Å². The Labute approximate surface area is 193 Å². The summed E-state index contributed by atoms with van der Waals surface area (Å²) < 4.78 is 4.91. The fraction of sp³-hybridized carbons (Fsp3) is 0.640. The van der Waals surface area contributed by atoms with Gasteiger partial charge in [0.2, 0.25) is 11.8 Å². The zero-order chi connectivity index (χ0) is 24.9. The van der Waals surface area contributed by atoms with Crippen molar-refractivity contribution in [2.45, 2.75) is 72.0 Å². The van der Waals surface area contributed by atoms with Crippen LogP contribution in [0.2, 0.25) is 0 Å². The summed E-state index contributed by atoms with van der Waals surface area (Å²) in [5.74, 6) is -1.23. The number of methoxy groups -OCH3 is 1. The number of amides is 2. The number of nitrogens with zero attached hydrogens (tertiary/aromatic N) is 1. The Kier molecular flexibility index (Phi) is 9.45. The second kappa shape index (κ2) is 10.9. The van der Waals surface area contributed by atoms with Gasteiger partial charge in [-0.15, -0.1) is 0 Å². The molecule has 0 saturated heterocycles. The van der Waals surface area contributed by atoms with Crippen LogP contribution in [0.1, 0.15) is 54.0 Å².